The minimum Gasteiger partial charge on any atom is -0.505 e. The van der Waals surface area contributed by atoms with E-state index < -0.39 is 225 Å². The largest absolute Gasteiger partial charge is 1.00 e. The average Bonchev–Trinajstić information content (AvgIpc) is 0.754. The number of rotatable bonds is 18. The number of nitro groups is 2. The molecule has 0 heterocycles. The quantitative estimate of drug-likeness (QED) is 0.00947. The first-order valence-electron chi connectivity index (χ1n) is 24.0. The number of phenols is 6. The summed E-state index contributed by atoms with van der Waals surface area (Å²) in [6.07, 6.45) is 0. The molecule has 0 aromatic heterocycles. The van der Waals surface area contributed by atoms with Crippen LogP contribution in [-0.2, 0) is 77.8 Å². The van der Waals surface area contributed by atoms with E-state index in [1.807, 2.05) is 0 Å². The molecule has 0 saturated carbocycles. The van der Waals surface area contributed by atoms with Gasteiger partial charge in [0.05, 0.1) is 31.0 Å². The fraction of sp³-hybridized carbons (Fsp3) is 0. The molecule has 60 heteroatoms. The van der Waals surface area contributed by atoms with Gasteiger partial charge in [0.25, 0.3) is 72.1 Å². The zero-order valence-corrected chi connectivity index (χ0v) is 79.1. The van der Waals surface area contributed by atoms with Gasteiger partial charge >= 0.3 is 278 Å². The van der Waals surface area contributed by atoms with Gasteiger partial charge in [-0.2, -0.15) is 50.5 Å². The van der Waals surface area contributed by atoms with Crippen LogP contribution in [-0.4, -0.2) is 140 Å². The van der Waals surface area contributed by atoms with Gasteiger partial charge in [-0.05, 0) is 60.7 Å². The number of carbonyl (C=O) groups is 2. The fourth-order valence-electron chi connectivity index (χ4n) is 7.95. The number of nitrogens with two attached hydrogens (primary N) is 2. The van der Waals surface area contributed by atoms with Crippen LogP contribution in [0.1, 0.15) is 20.7 Å². The van der Waals surface area contributed by atoms with Crippen molar-refractivity contribution in [2.75, 3.05) is 11.5 Å². The minimum absolute atomic E-state index is 0. The summed E-state index contributed by atoms with van der Waals surface area (Å²) in [6, 6.07) is 8.86. The molecule has 18 N–H and O–H groups in total. The van der Waals surface area contributed by atoms with Gasteiger partial charge in [0.2, 0.25) is 0 Å². The Balaban J connectivity index is -0.000000897. The molecular formula is C46H32FeN12Na9O32S6+9. The Labute approximate surface area is 802 Å². The Morgan fingerprint density at radius 3 is 0.821 bits per heavy atom. The Hall–Kier alpha value is -2.20. The van der Waals surface area contributed by atoms with Gasteiger partial charge in [-0.25, -0.2) is 9.59 Å². The number of hydrogen-bond acceptors (Lipinski definition) is 34. The number of anilines is 2. The summed E-state index contributed by atoms with van der Waals surface area (Å²) in [5.41, 5.74) is 0.138. The Morgan fingerprint density at radius 1 is 0.330 bits per heavy atom. The molecule has 0 aliphatic rings. The number of fused-ring (bicyclic) bond motifs is 2. The van der Waals surface area contributed by atoms with Crippen molar-refractivity contribution in [3.8, 4) is 34.5 Å². The summed E-state index contributed by atoms with van der Waals surface area (Å²) in [5.74, 6) is -10.9. The normalized spacial score (nSPS) is 11.5. The summed E-state index contributed by atoms with van der Waals surface area (Å²) >= 11 is 0. The molecule has 0 radical (unpaired) electrons. The van der Waals surface area contributed by atoms with E-state index in [0.717, 1.165) is 24.3 Å². The predicted molar refractivity (Wildman–Crippen MR) is 315 cm³/mol. The number of nitro benzene ring substituents is 2. The van der Waals surface area contributed by atoms with Crippen molar-refractivity contribution in [1.29, 1.82) is 0 Å². The van der Waals surface area contributed by atoms with Gasteiger partial charge in [0, 0.05) is 62.9 Å². The molecule has 0 atom stereocenters. The third kappa shape index (κ3) is 25.9. The van der Waals surface area contributed by atoms with Crippen LogP contribution in [0.4, 0.5) is 68.2 Å². The molecule has 106 heavy (non-hydrogen) atoms. The van der Waals surface area contributed by atoms with E-state index in [4.69, 9.17) is 11.5 Å². The number of nitrogen functional groups attached to an aromatic ring is 2. The van der Waals surface area contributed by atoms with E-state index >= 15 is 0 Å². The monoisotopic (exact) mass is 1720 g/mol. The first-order chi connectivity index (χ1) is 44.0. The topological polar surface area (TPSA) is 759 Å². The first-order valence-corrected chi connectivity index (χ1v) is 32.6. The molecule has 8 aromatic carbocycles. The van der Waals surface area contributed by atoms with Crippen LogP contribution in [0.25, 0.3) is 21.5 Å². The van der Waals surface area contributed by atoms with Crippen molar-refractivity contribution in [2.24, 2.45) is 40.9 Å². The molecular weight excluding hydrogens is 1690 g/mol. The molecule has 0 fully saturated rings. The third-order valence-corrected chi connectivity index (χ3v) is 17.4. The summed E-state index contributed by atoms with van der Waals surface area (Å²) in [4.78, 5) is 35.9. The molecule has 0 amide bonds. The van der Waals surface area contributed by atoms with Gasteiger partial charge in [-0.15, -0.1) is 40.9 Å². The molecule has 44 nitrogen and oxygen atoms in total. The Bertz CT molecular complexity index is 5360. The van der Waals surface area contributed by atoms with Gasteiger partial charge < -0.3 is 52.3 Å². The zero-order chi connectivity index (χ0) is 72.2. The van der Waals surface area contributed by atoms with Crippen molar-refractivity contribution in [3.05, 3.63) is 116 Å². The number of non-ortho nitro benzene ring substituents is 2. The second-order valence-electron chi connectivity index (χ2n) is 18.4. The molecule has 0 saturated heterocycles. The van der Waals surface area contributed by atoms with Crippen LogP contribution in [0.15, 0.2) is 155 Å². The molecule has 8 rings (SSSR count). The number of benzene rings is 8. The number of phenolic OH excluding ortho intramolecular Hbond substituents is 4. The van der Waals surface area contributed by atoms with Crippen LogP contribution in [0.3, 0.4) is 0 Å². The van der Waals surface area contributed by atoms with Crippen LogP contribution in [0.2, 0.25) is 0 Å². The molecule has 0 aliphatic heterocycles. The van der Waals surface area contributed by atoms with E-state index in [1.165, 1.54) is 0 Å². The van der Waals surface area contributed by atoms with Crippen LogP contribution in [0, 0.1) is 20.2 Å². The van der Waals surface area contributed by atoms with E-state index in [9.17, 15) is 148 Å². The van der Waals surface area contributed by atoms with Crippen molar-refractivity contribution < 1.29 is 421 Å². The van der Waals surface area contributed by atoms with E-state index in [1.54, 1.807) is 0 Å². The predicted octanol–water partition coefficient (Wildman–Crippen LogP) is -19.5. The fourth-order valence-corrected chi connectivity index (χ4v) is 11.5. The van der Waals surface area contributed by atoms with Crippen LogP contribution < -0.4 is 277 Å². The van der Waals surface area contributed by atoms with Crippen LogP contribution in [0.5, 0.6) is 34.5 Å². The maximum absolute atomic E-state index is 12.3. The van der Waals surface area contributed by atoms with Crippen molar-refractivity contribution in [2.45, 2.75) is 29.4 Å². The second-order valence-corrected chi connectivity index (χ2v) is 26.8. The molecule has 0 bridgehead atoms. The Morgan fingerprint density at radius 2 is 0.585 bits per heavy atom. The number of carboxylic acid groups (broad SMARTS) is 2. The summed E-state index contributed by atoms with van der Waals surface area (Å²) in [5, 5.41) is 131. The number of carboxylic acids is 2. The standard InChI is InChI=1S/2C23H16N6O16S3.Fe.9Na/c2*24-13-2-1-10-11(18(13)27-26-15-6-9(46(37,38)39)5-12(20(15)30)23(33)34)7-16(47(40,41)42)19(21(10)31)28-25-14-3-8(29(35)36)4-17(22(14)32)48(43,44)45;;;;;;;;;;/h2*1-7,30-32H,24H2,(H,33,34)(H,37,38,39)(H,40,41,42)(H,43,44,45);;;;;;;;;;/q;;;9*+1. The summed E-state index contributed by atoms with van der Waals surface area (Å²) in [7, 11) is -31.4. The van der Waals surface area contributed by atoms with Gasteiger partial charge in [0.15, 0.2) is 34.5 Å². The van der Waals surface area contributed by atoms with Crippen molar-refractivity contribution >= 4 is 162 Å². The molecule has 0 spiro atoms. The van der Waals surface area contributed by atoms with Gasteiger partial charge in [0.1, 0.15) is 76.2 Å². The van der Waals surface area contributed by atoms with E-state index in [2.05, 4.69) is 40.9 Å². The Kier molecular flexibility index (Phi) is 44.5. The van der Waals surface area contributed by atoms with E-state index in [-0.39, 0.29) is 317 Å². The number of aromatic hydroxyl groups is 6. The maximum atomic E-state index is 12.3. The molecule has 8 aromatic rings. The van der Waals surface area contributed by atoms with Gasteiger partial charge in [-0.1, -0.05) is 0 Å². The number of nitrogens with zero attached hydrogens (tertiary/aromatic N) is 10. The number of hydrogen-bond donors (Lipinski definition) is 16. The second kappa shape index (κ2) is 42.8. The average molecular weight is 1720 g/mol. The van der Waals surface area contributed by atoms with Crippen LogP contribution >= 0.6 is 0 Å². The summed E-state index contributed by atoms with van der Waals surface area (Å²) < 4.78 is 200. The summed E-state index contributed by atoms with van der Waals surface area (Å²) in [6.45, 7) is 0. The first kappa shape index (κ1) is 110. The number of aromatic carboxylic acids is 2. The maximum Gasteiger partial charge on any atom is 1.00 e. The van der Waals surface area contributed by atoms with Gasteiger partial charge in [-0.3, -0.25) is 47.5 Å². The zero-order valence-electron chi connectivity index (χ0n) is 55.1. The third-order valence-electron chi connectivity index (χ3n) is 12.3. The minimum atomic E-state index is -5.39. The molecule has 512 valence electrons. The SMILES string of the molecule is Nc1ccc2c(O)c(N=Nc3cc([N+](=O)[O-])cc(S(=O)(=O)O)c3O)c(S(=O)(=O)O)cc2c1N=Nc1cc(S(=O)(=O)O)cc(C(=O)O)c1O.Nc1ccc2c(O)c(N=Nc3cc([N+](=O)[O-])cc(S(=O)(=O)O)c3O)c(S(=O)(=O)O)cc2c1N=Nc1cc(S(=O)(=O)O)cc(C(=O)O)c1O.[Fe].[Na+].[Na+].[Na+].[Na+].[Na+].[Na+].[Na+].[Na+].[Na+]. The van der Waals surface area contributed by atoms with Crippen molar-refractivity contribution in [3.63, 3.8) is 0 Å². The molecule has 0 unspecified atom stereocenters. The number of azo groups is 4. The smallest absolute Gasteiger partial charge is 0.505 e. The molecule has 0 aliphatic carbocycles. The van der Waals surface area contributed by atoms with E-state index in [0.29, 0.717) is 48.5 Å². The van der Waals surface area contributed by atoms with Crippen molar-refractivity contribution in [1.82, 2.24) is 0 Å².